The Bertz CT molecular complexity index is 1330. The van der Waals surface area contributed by atoms with Crippen LogP contribution in [-0.2, 0) is 31.6 Å². The fraction of sp³-hybridized carbons (Fsp3) is 0.391. The molecule has 1 aliphatic heterocycles. The van der Waals surface area contributed by atoms with Gasteiger partial charge in [-0.05, 0) is 35.4 Å². The zero-order chi connectivity index (χ0) is 28.8. The number of aliphatic hydroxyl groups is 2. The second kappa shape index (κ2) is 9.85. The van der Waals surface area contributed by atoms with Crippen molar-refractivity contribution in [3.63, 3.8) is 0 Å². The van der Waals surface area contributed by atoms with E-state index in [2.05, 4.69) is 5.32 Å². The van der Waals surface area contributed by atoms with Crippen LogP contribution in [0, 0.1) is 5.92 Å². The van der Waals surface area contributed by atoms with Gasteiger partial charge in [0, 0.05) is 24.1 Å². The van der Waals surface area contributed by atoms with Crippen molar-refractivity contribution in [2.45, 2.75) is 42.4 Å². The highest BCUT2D eigenvalue weighted by Gasteiger charge is 2.71. The lowest BCUT2D eigenvalue weighted by atomic mass is 9.92. The molecule has 1 heterocycles. The van der Waals surface area contributed by atoms with E-state index in [0.29, 0.717) is 17.7 Å². The van der Waals surface area contributed by atoms with Gasteiger partial charge in [0.15, 0.2) is 9.84 Å². The van der Waals surface area contributed by atoms with Crippen LogP contribution in [0.4, 0.5) is 32.0 Å². The molecule has 2 atom stereocenters. The lowest BCUT2D eigenvalue weighted by molar-refractivity contribution is -0.376. The molecule has 208 valence electrons. The molecule has 0 saturated heterocycles. The largest absolute Gasteiger partial charge is 0.430 e. The van der Waals surface area contributed by atoms with Crippen molar-refractivity contribution in [3.05, 3.63) is 59.2 Å². The summed E-state index contributed by atoms with van der Waals surface area (Å²) in [5.74, 6) is -2.49. The lowest BCUT2D eigenvalue weighted by Gasteiger charge is -2.32. The Hall–Kier alpha value is -3.17. The van der Waals surface area contributed by atoms with Crippen molar-refractivity contribution < 1.29 is 54.6 Å². The van der Waals surface area contributed by atoms with Crippen molar-refractivity contribution in [2.24, 2.45) is 5.92 Å². The number of halogens is 6. The minimum Gasteiger partial charge on any atom is -0.396 e. The van der Waals surface area contributed by atoms with Crippen molar-refractivity contribution in [1.82, 2.24) is 4.90 Å². The molecular formula is C23H22F6N2O6S. The van der Waals surface area contributed by atoms with Crippen LogP contribution in [-0.4, -0.2) is 60.6 Å². The van der Waals surface area contributed by atoms with Crippen LogP contribution in [0.5, 0.6) is 0 Å². The second-order valence-corrected chi connectivity index (χ2v) is 10.9. The number of fused-ring (bicyclic) bond motifs is 1. The Morgan fingerprint density at radius 1 is 1.05 bits per heavy atom. The topological polar surface area (TPSA) is 124 Å². The summed E-state index contributed by atoms with van der Waals surface area (Å²) in [5.41, 5.74) is -6.35. The summed E-state index contributed by atoms with van der Waals surface area (Å²) in [4.78, 5) is 27.1. The summed E-state index contributed by atoms with van der Waals surface area (Å²) < 4.78 is 103. The molecule has 0 fully saturated rings. The summed E-state index contributed by atoms with van der Waals surface area (Å²) in [6, 6.07) is 4.64. The summed E-state index contributed by atoms with van der Waals surface area (Å²) in [6.07, 6.45) is -11.2. The molecule has 0 bridgehead atoms. The van der Waals surface area contributed by atoms with Gasteiger partial charge in [-0.1, -0.05) is 25.1 Å². The fourth-order valence-electron chi connectivity index (χ4n) is 4.00. The van der Waals surface area contributed by atoms with Crippen LogP contribution in [0.15, 0.2) is 47.4 Å². The van der Waals surface area contributed by atoms with E-state index in [1.165, 1.54) is 25.1 Å². The number of nitrogens with one attached hydrogen (secondary N) is 1. The summed E-state index contributed by atoms with van der Waals surface area (Å²) in [6.45, 7) is 0.643. The molecule has 8 nitrogen and oxygen atoms in total. The molecular weight excluding hydrogens is 546 g/mol. The van der Waals surface area contributed by atoms with Crippen LogP contribution < -0.4 is 5.32 Å². The molecule has 0 radical (unpaired) electrons. The first-order chi connectivity index (χ1) is 17.3. The number of nitrogens with zero attached hydrogens (tertiary/aromatic N) is 1. The minimum atomic E-state index is -6.08. The van der Waals surface area contributed by atoms with Gasteiger partial charge in [0.05, 0.1) is 17.4 Å². The minimum absolute atomic E-state index is 0.0719. The van der Waals surface area contributed by atoms with Gasteiger partial charge in [0.1, 0.15) is 6.04 Å². The van der Waals surface area contributed by atoms with Gasteiger partial charge in [0.25, 0.3) is 11.5 Å². The molecule has 2 amide bonds. The molecule has 0 aromatic heterocycles. The molecule has 3 rings (SSSR count). The lowest BCUT2D eigenvalue weighted by Crippen LogP contribution is -2.53. The number of carbonyl (C=O) groups is 2. The number of aliphatic hydroxyl groups excluding tert-OH is 1. The van der Waals surface area contributed by atoms with Gasteiger partial charge in [-0.3, -0.25) is 9.59 Å². The number of amides is 2. The number of anilines is 1. The van der Waals surface area contributed by atoms with Crippen molar-refractivity contribution in [1.29, 1.82) is 0 Å². The molecule has 1 aliphatic rings. The summed E-state index contributed by atoms with van der Waals surface area (Å²) >= 11 is 0. The quantitative estimate of drug-likeness (QED) is 0.461. The smallest absolute Gasteiger partial charge is 0.396 e. The van der Waals surface area contributed by atoms with Gasteiger partial charge in [-0.25, -0.2) is 8.42 Å². The third-order valence-electron chi connectivity index (χ3n) is 6.11. The number of carbonyl (C=O) groups excluding carboxylic acids is 2. The summed E-state index contributed by atoms with van der Waals surface area (Å²) in [7, 11) is -3.63. The molecule has 38 heavy (non-hydrogen) atoms. The van der Waals surface area contributed by atoms with Gasteiger partial charge in [-0.15, -0.1) is 0 Å². The van der Waals surface area contributed by atoms with E-state index in [1.807, 2.05) is 0 Å². The van der Waals surface area contributed by atoms with Crippen molar-refractivity contribution in [2.75, 3.05) is 18.2 Å². The molecule has 2 aromatic carbocycles. The molecule has 0 saturated carbocycles. The maximum Gasteiger partial charge on any atom is 0.430 e. The predicted octanol–water partition coefficient (Wildman–Crippen LogP) is 3.05. The first-order valence-electron chi connectivity index (χ1n) is 10.8. The zero-order valence-electron chi connectivity index (χ0n) is 19.8. The zero-order valence-corrected chi connectivity index (χ0v) is 20.6. The number of hydrogen-bond donors (Lipinski definition) is 3. The molecule has 3 N–H and O–H groups in total. The Kier molecular flexibility index (Phi) is 7.62. The van der Waals surface area contributed by atoms with Gasteiger partial charge in [-0.2, -0.15) is 26.3 Å². The second-order valence-electron chi connectivity index (χ2n) is 8.86. The monoisotopic (exact) mass is 568 g/mol. The maximum atomic E-state index is 13.2. The van der Waals surface area contributed by atoms with Crippen LogP contribution in [0.2, 0.25) is 0 Å². The highest BCUT2D eigenvalue weighted by molar-refractivity contribution is 7.90. The molecule has 2 aromatic rings. The van der Waals surface area contributed by atoms with Crippen molar-refractivity contribution in [3.8, 4) is 0 Å². The number of hydrogen-bond acceptors (Lipinski definition) is 6. The van der Waals surface area contributed by atoms with Crippen LogP contribution in [0.25, 0.3) is 0 Å². The Balaban J connectivity index is 1.96. The van der Waals surface area contributed by atoms with E-state index >= 15 is 0 Å². The summed E-state index contributed by atoms with van der Waals surface area (Å²) in [5, 5.41) is 21.2. The third kappa shape index (κ3) is 5.22. The van der Waals surface area contributed by atoms with E-state index in [1.54, 1.807) is 0 Å². The van der Waals surface area contributed by atoms with Crippen LogP contribution in [0.1, 0.15) is 29.7 Å². The number of rotatable bonds is 6. The van der Waals surface area contributed by atoms with E-state index in [-0.39, 0.29) is 22.7 Å². The van der Waals surface area contributed by atoms with Gasteiger partial charge >= 0.3 is 12.4 Å². The van der Waals surface area contributed by atoms with E-state index < -0.39 is 63.7 Å². The van der Waals surface area contributed by atoms with Gasteiger partial charge < -0.3 is 20.4 Å². The molecule has 0 aliphatic carbocycles. The average Bonchev–Trinajstić information content (AvgIpc) is 3.20. The maximum absolute atomic E-state index is 13.2. The van der Waals surface area contributed by atoms with E-state index in [0.717, 1.165) is 23.3 Å². The molecule has 2 unspecified atom stereocenters. The van der Waals surface area contributed by atoms with E-state index in [9.17, 15) is 54.6 Å². The van der Waals surface area contributed by atoms with Crippen LogP contribution >= 0.6 is 0 Å². The first kappa shape index (κ1) is 29.4. The Morgan fingerprint density at radius 3 is 2.08 bits per heavy atom. The van der Waals surface area contributed by atoms with Crippen molar-refractivity contribution >= 4 is 27.3 Å². The normalized spacial score (nSPS) is 17.2. The number of alkyl halides is 6. The van der Waals surface area contributed by atoms with E-state index in [4.69, 9.17) is 0 Å². The fourth-order valence-corrected chi connectivity index (χ4v) is 4.67. The Morgan fingerprint density at radius 2 is 1.61 bits per heavy atom. The average molecular weight is 568 g/mol. The predicted molar refractivity (Wildman–Crippen MR) is 120 cm³/mol. The Labute approximate surface area is 212 Å². The molecule has 0 spiro atoms. The first-order valence-corrected chi connectivity index (χ1v) is 12.7. The third-order valence-corrected chi connectivity index (χ3v) is 7.22. The highest BCUT2D eigenvalue weighted by Crippen LogP contribution is 2.50. The number of benzene rings is 2. The standard InChI is InChI=1S/C23H22F6N2O6S/c1-12(11-32)20(34)31-10-13-9-16(38(2,36)37)7-8-17(13)18(31)19(33)30-15-5-3-14(4-6-15)21(35,22(24,25)26)23(27,28)29/h3-9,12,18,32,35H,10-11H2,1-2H3,(H,30,33). The SMILES string of the molecule is CC(CO)C(=O)N1Cc2cc(S(C)(=O)=O)ccc2C1C(=O)Nc1ccc(C(O)(C(F)(F)F)C(F)(F)F)cc1. The molecule has 15 heteroatoms. The van der Waals surface area contributed by atoms with Crippen LogP contribution in [0.3, 0.4) is 0 Å². The highest BCUT2D eigenvalue weighted by atomic mass is 32.2. The number of sulfone groups is 1. The van der Waals surface area contributed by atoms with Gasteiger partial charge in [0.2, 0.25) is 5.91 Å².